The summed E-state index contributed by atoms with van der Waals surface area (Å²) in [6.07, 6.45) is 1.21. The number of rotatable bonds is 5. The maximum atomic E-state index is 12.1. The normalized spacial score (nSPS) is 12.0. The first kappa shape index (κ1) is 16.6. The van der Waals surface area contributed by atoms with Crippen LogP contribution in [0.1, 0.15) is 41.6 Å². The number of nitrogens with one attached hydrogen (secondary N) is 1. The number of hydrogen-bond donors (Lipinski definition) is 1. The first-order valence-corrected chi connectivity index (χ1v) is 7.94. The first-order valence-electron chi connectivity index (χ1n) is 7.56. The minimum absolute atomic E-state index is 0.0262. The number of carbonyl (C=O) groups is 1. The summed E-state index contributed by atoms with van der Waals surface area (Å²) in [5.41, 5.74) is 4.75. The van der Waals surface area contributed by atoms with E-state index < -0.39 is 0 Å². The molecule has 116 valence electrons. The minimum atomic E-state index is 0.0262. The Morgan fingerprint density at radius 2 is 1.82 bits per heavy atom. The third-order valence-corrected chi connectivity index (χ3v) is 4.08. The number of aryl methyl sites for hydroxylation is 3. The molecule has 0 fully saturated rings. The predicted octanol–water partition coefficient (Wildman–Crippen LogP) is 4.77. The van der Waals surface area contributed by atoms with E-state index in [0.717, 1.165) is 17.0 Å². The van der Waals surface area contributed by atoms with Crippen molar-refractivity contribution in [3.8, 4) is 0 Å². The summed E-state index contributed by atoms with van der Waals surface area (Å²) in [5, 5.41) is 3.79. The molecule has 2 nitrogen and oxygen atoms in total. The third kappa shape index (κ3) is 4.60. The van der Waals surface area contributed by atoms with Crippen molar-refractivity contribution in [2.24, 2.45) is 0 Å². The molecule has 0 saturated heterocycles. The van der Waals surface area contributed by atoms with Crippen molar-refractivity contribution < 1.29 is 4.79 Å². The molecule has 2 aromatic rings. The summed E-state index contributed by atoms with van der Waals surface area (Å²) in [6, 6.07) is 14.0. The Kier molecular flexibility index (Phi) is 5.62. The third-order valence-electron chi connectivity index (χ3n) is 3.82. The predicted molar refractivity (Wildman–Crippen MR) is 92.2 cm³/mol. The Bertz CT molecular complexity index is 649. The van der Waals surface area contributed by atoms with Crippen molar-refractivity contribution in [3.05, 3.63) is 69.7 Å². The molecule has 0 radical (unpaired) electrons. The van der Waals surface area contributed by atoms with E-state index >= 15 is 0 Å². The summed E-state index contributed by atoms with van der Waals surface area (Å²) < 4.78 is 0. The van der Waals surface area contributed by atoms with Crippen LogP contribution in [0, 0.1) is 13.8 Å². The highest BCUT2D eigenvalue weighted by molar-refractivity contribution is 6.30. The van der Waals surface area contributed by atoms with Crippen LogP contribution in [0.5, 0.6) is 0 Å². The van der Waals surface area contributed by atoms with E-state index in [9.17, 15) is 4.79 Å². The van der Waals surface area contributed by atoms with Crippen LogP contribution in [0.2, 0.25) is 5.02 Å². The molecule has 0 aliphatic heterocycles. The van der Waals surface area contributed by atoms with E-state index in [1.807, 2.05) is 31.2 Å². The van der Waals surface area contributed by atoms with Crippen LogP contribution in [-0.2, 0) is 11.2 Å². The average Bonchev–Trinajstić information content (AvgIpc) is 2.46. The lowest BCUT2D eigenvalue weighted by Gasteiger charge is -2.17. The molecule has 1 atom stereocenters. The molecule has 0 spiro atoms. The van der Waals surface area contributed by atoms with Gasteiger partial charge in [0.25, 0.3) is 0 Å². The van der Waals surface area contributed by atoms with Crippen molar-refractivity contribution in [2.75, 3.05) is 0 Å². The molecule has 0 saturated carbocycles. The molecule has 0 unspecified atom stereocenters. The summed E-state index contributed by atoms with van der Waals surface area (Å²) in [4.78, 5) is 12.1. The molecule has 3 heteroatoms. The van der Waals surface area contributed by atoms with Gasteiger partial charge in [0.05, 0.1) is 6.04 Å². The van der Waals surface area contributed by atoms with Crippen molar-refractivity contribution in [3.63, 3.8) is 0 Å². The standard InChI is InChI=1S/C19H22ClNO/c1-13-4-10-18(14(2)12-13)15(3)21-19(22)11-7-16-5-8-17(20)9-6-16/h4-6,8-10,12,15H,7,11H2,1-3H3,(H,21,22)/t15-/m0/s1. The van der Waals surface area contributed by atoms with E-state index in [4.69, 9.17) is 11.6 Å². The summed E-state index contributed by atoms with van der Waals surface area (Å²) in [5.74, 6) is 0.0717. The highest BCUT2D eigenvalue weighted by atomic mass is 35.5. The van der Waals surface area contributed by atoms with Gasteiger partial charge in [-0.15, -0.1) is 0 Å². The van der Waals surface area contributed by atoms with Crippen molar-refractivity contribution in [1.82, 2.24) is 5.32 Å². The van der Waals surface area contributed by atoms with Crippen molar-refractivity contribution in [1.29, 1.82) is 0 Å². The Morgan fingerprint density at radius 1 is 1.14 bits per heavy atom. The molecule has 2 rings (SSSR count). The van der Waals surface area contributed by atoms with Gasteiger partial charge in [0, 0.05) is 11.4 Å². The van der Waals surface area contributed by atoms with Gasteiger partial charge in [-0.2, -0.15) is 0 Å². The maximum Gasteiger partial charge on any atom is 0.220 e. The molecular weight excluding hydrogens is 294 g/mol. The number of benzene rings is 2. The van der Waals surface area contributed by atoms with Crippen LogP contribution < -0.4 is 5.32 Å². The van der Waals surface area contributed by atoms with Crippen LogP contribution in [0.3, 0.4) is 0 Å². The van der Waals surface area contributed by atoms with Crippen LogP contribution in [-0.4, -0.2) is 5.91 Å². The molecular formula is C19H22ClNO. The van der Waals surface area contributed by atoms with Gasteiger partial charge in [0.15, 0.2) is 0 Å². The van der Waals surface area contributed by atoms with Gasteiger partial charge in [-0.3, -0.25) is 4.79 Å². The number of hydrogen-bond acceptors (Lipinski definition) is 1. The van der Waals surface area contributed by atoms with Gasteiger partial charge in [0.1, 0.15) is 0 Å². The second-order valence-corrected chi connectivity index (χ2v) is 6.21. The average molecular weight is 316 g/mol. The van der Waals surface area contributed by atoms with Crippen molar-refractivity contribution >= 4 is 17.5 Å². The summed E-state index contributed by atoms with van der Waals surface area (Å²) in [7, 11) is 0. The van der Waals surface area contributed by atoms with Crippen LogP contribution in [0.25, 0.3) is 0 Å². The second kappa shape index (κ2) is 7.46. The summed E-state index contributed by atoms with van der Waals surface area (Å²) in [6.45, 7) is 6.18. The van der Waals surface area contributed by atoms with Crippen molar-refractivity contribution in [2.45, 2.75) is 39.7 Å². The monoisotopic (exact) mass is 315 g/mol. The molecule has 0 aromatic heterocycles. The minimum Gasteiger partial charge on any atom is -0.350 e. The van der Waals surface area contributed by atoms with Crippen LogP contribution >= 0.6 is 11.6 Å². The Morgan fingerprint density at radius 3 is 2.45 bits per heavy atom. The Balaban J connectivity index is 1.89. The maximum absolute atomic E-state index is 12.1. The van der Waals surface area contributed by atoms with Gasteiger partial charge >= 0.3 is 0 Å². The first-order chi connectivity index (χ1) is 10.5. The Labute approximate surface area is 137 Å². The van der Waals surface area contributed by atoms with Gasteiger partial charge < -0.3 is 5.32 Å². The molecule has 0 heterocycles. The van der Waals surface area contributed by atoms with Gasteiger partial charge in [-0.05, 0) is 56.0 Å². The highest BCUT2D eigenvalue weighted by Gasteiger charge is 2.11. The lowest BCUT2D eigenvalue weighted by Crippen LogP contribution is -2.27. The molecule has 2 aromatic carbocycles. The van der Waals surface area contributed by atoms with Gasteiger partial charge in [0.2, 0.25) is 5.91 Å². The molecule has 1 amide bonds. The smallest absolute Gasteiger partial charge is 0.220 e. The summed E-state index contributed by atoms with van der Waals surface area (Å²) >= 11 is 5.86. The topological polar surface area (TPSA) is 29.1 Å². The number of amides is 1. The number of carbonyl (C=O) groups excluding carboxylic acids is 1. The second-order valence-electron chi connectivity index (χ2n) is 5.78. The SMILES string of the molecule is Cc1ccc([C@H](C)NC(=O)CCc2ccc(Cl)cc2)c(C)c1. The lowest BCUT2D eigenvalue weighted by molar-refractivity contribution is -0.121. The zero-order chi connectivity index (χ0) is 16.1. The molecule has 0 aliphatic carbocycles. The highest BCUT2D eigenvalue weighted by Crippen LogP contribution is 2.19. The van der Waals surface area contributed by atoms with E-state index in [2.05, 4.69) is 37.4 Å². The molecule has 22 heavy (non-hydrogen) atoms. The number of halogens is 1. The van der Waals surface area contributed by atoms with Crippen LogP contribution in [0.4, 0.5) is 0 Å². The molecule has 0 aliphatic rings. The molecule has 0 bridgehead atoms. The fourth-order valence-electron chi connectivity index (χ4n) is 2.61. The largest absolute Gasteiger partial charge is 0.350 e. The quantitative estimate of drug-likeness (QED) is 0.846. The zero-order valence-electron chi connectivity index (χ0n) is 13.3. The van der Waals surface area contributed by atoms with E-state index in [0.29, 0.717) is 6.42 Å². The fourth-order valence-corrected chi connectivity index (χ4v) is 2.74. The zero-order valence-corrected chi connectivity index (χ0v) is 14.1. The van der Waals surface area contributed by atoms with Gasteiger partial charge in [-0.1, -0.05) is 47.5 Å². The van der Waals surface area contributed by atoms with E-state index in [1.165, 1.54) is 16.7 Å². The van der Waals surface area contributed by atoms with E-state index in [-0.39, 0.29) is 11.9 Å². The molecule has 1 N–H and O–H groups in total. The Hall–Kier alpha value is -1.80. The van der Waals surface area contributed by atoms with Gasteiger partial charge in [-0.25, -0.2) is 0 Å². The van der Waals surface area contributed by atoms with E-state index in [1.54, 1.807) is 0 Å². The van der Waals surface area contributed by atoms with Crippen LogP contribution in [0.15, 0.2) is 42.5 Å². The lowest BCUT2D eigenvalue weighted by atomic mass is 10.00. The fraction of sp³-hybridized carbons (Fsp3) is 0.316.